The molecule has 0 aliphatic carbocycles. The number of rotatable bonds is 8. The van der Waals surface area contributed by atoms with Crippen molar-refractivity contribution < 1.29 is 50.5 Å². The summed E-state index contributed by atoms with van der Waals surface area (Å²) >= 11 is 15.6. The Morgan fingerprint density at radius 3 is 2.34 bits per heavy atom. The molecule has 3 aromatic rings. The number of amides is 2. The van der Waals surface area contributed by atoms with E-state index in [1.165, 1.54) is 4.90 Å². The number of nitrogen functional groups attached to an aromatic ring is 1. The number of carbonyl (C=O) groups is 3. The van der Waals surface area contributed by atoms with E-state index in [1.54, 1.807) is 65.6 Å². The average Bonchev–Trinajstić information content (AvgIpc) is 2.93. The Kier molecular flexibility index (Phi) is 10.7. The third kappa shape index (κ3) is 6.92. The van der Waals surface area contributed by atoms with E-state index in [1.807, 2.05) is 0 Å². The maximum atomic E-state index is 14.2. The molecular weight excluding hydrogens is 604 g/mol. The summed E-state index contributed by atoms with van der Waals surface area (Å²) < 4.78 is 0.689. The molecule has 0 saturated heterocycles. The van der Waals surface area contributed by atoms with E-state index in [-0.39, 0.29) is 62.3 Å². The molecule has 194 valence electrons. The monoisotopic (exact) mass is 627 g/mol. The number of halogens is 3. The Labute approximate surface area is 262 Å². The molecule has 1 atom stereocenters. The smallest absolute Gasteiger partial charge is 1.00 e. The third-order valence-electron chi connectivity index (χ3n) is 6.21. The first kappa shape index (κ1) is 30.5. The van der Waals surface area contributed by atoms with Gasteiger partial charge in [0.05, 0.1) is 11.3 Å². The van der Waals surface area contributed by atoms with E-state index >= 15 is 0 Å². The van der Waals surface area contributed by atoms with Gasteiger partial charge in [0.1, 0.15) is 6.04 Å². The van der Waals surface area contributed by atoms with E-state index in [0.29, 0.717) is 55.4 Å². The van der Waals surface area contributed by atoms with Crippen molar-refractivity contribution in [3.63, 3.8) is 0 Å². The largest absolute Gasteiger partial charge is 1.00 e. The molecule has 0 bridgehead atoms. The first-order chi connectivity index (χ1) is 17.7. The minimum Gasteiger partial charge on any atom is -1.00 e. The molecule has 4 rings (SSSR count). The van der Waals surface area contributed by atoms with Crippen LogP contribution in [0.3, 0.4) is 0 Å². The molecule has 1 aliphatic rings. The van der Waals surface area contributed by atoms with Crippen LogP contribution in [0.2, 0.25) is 10.0 Å². The van der Waals surface area contributed by atoms with Crippen LogP contribution >= 0.6 is 39.1 Å². The van der Waals surface area contributed by atoms with Gasteiger partial charge in [0, 0.05) is 39.7 Å². The van der Waals surface area contributed by atoms with Gasteiger partial charge in [-0.05, 0) is 66.4 Å². The normalized spacial score (nSPS) is 15.1. The SMILES string of the molecule is Nc1cc(Cl)ccc1CN1C(=O)c2cc(Br)ccc2N(CCCCC(=O)O)C(=O)C1c1ccc(Cl)cc1.[H-].[Na+]. The van der Waals surface area contributed by atoms with Gasteiger partial charge in [-0.15, -0.1) is 0 Å². The Bertz CT molecular complexity index is 1360. The van der Waals surface area contributed by atoms with E-state index in [2.05, 4.69) is 15.9 Å². The number of anilines is 2. The van der Waals surface area contributed by atoms with Gasteiger partial charge in [-0.25, -0.2) is 0 Å². The molecule has 11 heteroatoms. The standard InChI is InChI=1S/C27H24BrCl2N3O4.Na.H/c28-18-7-11-23-21(13-18)26(36)33(15-17-6-10-20(30)14-22(17)31)25(16-4-8-19(29)9-5-16)27(37)32(23)12-2-1-3-24(34)35;;/h4-11,13-14,25H,1-3,12,15,31H2,(H,34,35);;/q;+1;-1. The van der Waals surface area contributed by atoms with Gasteiger partial charge in [0.2, 0.25) is 0 Å². The van der Waals surface area contributed by atoms with E-state index < -0.39 is 12.0 Å². The van der Waals surface area contributed by atoms with Crippen molar-refractivity contribution in [1.82, 2.24) is 4.90 Å². The minimum atomic E-state index is -0.967. The zero-order valence-corrected chi connectivity index (χ0v) is 25.8. The molecule has 3 aromatic carbocycles. The molecule has 7 nitrogen and oxygen atoms in total. The van der Waals surface area contributed by atoms with Crippen molar-refractivity contribution >= 4 is 68.3 Å². The number of nitrogens with two attached hydrogens (primary N) is 1. The fourth-order valence-electron chi connectivity index (χ4n) is 4.39. The number of carbonyl (C=O) groups excluding carboxylic acids is 2. The summed E-state index contributed by atoms with van der Waals surface area (Å²) in [5, 5.41) is 10.0. The van der Waals surface area contributed by atoms with Crippen LogP contribution in [0.15, 0.2) is 65.1 Å². The summed E-state index contributed by atoms with van der Waals surface area (Å²) in [7, 11) is 0. The predicted molar refractivity (Wildman–Crippen MR) is 149 cm³/mol. The fourth-order valence-corrected chi connectivity index (χ4v) is 5.05. The zero-order valence-electron chi connectivity index (χ0n) is 21.7. The summed E-state index contributed by atoms with van der Waals surface area (Å²) in [6.07, 6.45) is 0.853. The Balaban J connectivity index is 0.00000267. The molecule has 2 amide bonds. The maximum Gasteiger partial charge on any atom is 1.00 e. The van der Waals surface area contributed by atoms with Crippen molar-refractivity contribution in [2.24, 2.45) is 0 Å². The van der Waals surface area contributed by atoms with Crippen molar-refractivity contribution in [3.8, 4) is 0 Å². The zero-order chi connectivity index (χ0) is 26.7. The number of carboxylic acids is 1. The average molecular weight is 629 g/mol. The van der Waals surface area contributed by atoms with Gasteiger partial charge in [0.25, 0.3) is 11.8 Å². The molecule has 1 heterocycles. The molecule has 0 fully saturated rings. The Morgan fingerprint density at radius 2 is 1.68 bits per heavy atom. The van der Waals surface area contributed by atoms with Crippen LogP contribution in [0.1, 0.15) is 48.2 Å². The second-order valence-electron chi connectivity index (χ2n) is 8.73. The van der Waals surface area contributed by atoms with Crippen LogP contribution in [0.5, 0.6) is 0 Å². The summed E-state index contributed by atoms with van der Waals surface area (Å²) in [5.74, 6) is -1.54. The number of nitrogens with zero attached hydrogens (tertiary/aromatic N) is 2. The maximum absolute atomic E-state index is 14.2. The van der Waals surface area contributed by atoms with Gasteiger partial charge < -0.3 is 22.1 Å². The number of hydrogen-bond acceptors (Lipinski definition) is 4. The summed E-state index contributed by atoms with van der Waals surface area (Å²) in [4.78, 5) is 42.4. The molecule has 3 N–H and O–H groups in total. The van der Waals surface area contributed by atoms with E-state index in [4.69, 9.17) is 34.0 Å². The van der Waals surface area contributed by atoms with Crippen molar-refractivity contribution in [3.05, 3.63) is 91.9 Å². The molecule has 1 aliphatic heterocycles. The Hall–Kier alpha value is -2.07. The van der Waals surface area contributed by atoms with Gasteiger partial charge in [-0.3, -0.25) is 14.4 Å². The summed E-state index contributed by atoms with van der Waals surface area (Å²) in [6, 6.07) is 16.1. The summed E-state index contributed by atoms with van der Waals surface area (Å²) in [5.41, 5.74) is 8.70. The molecule has 0 radical (unpaired) electrons. The quantitative estimate of drug-likeness (QED) is 0.226. The van der Waals surface area contributed by atoms with Crippen LogP contribution in [0.4, 0.5) is 11.4 Å². The van der Waals surface area contributed by atoms with Crippen molar-refractivity contribution in [2.45, 2.75) is 31.8 Å². The first-order valence-electron chi connectivity index (χ1n) is 11.6. The first-order valence-corrected chi connectivity index (χ1v) is 13.1. The molecular formula is C27H25BrCl2N3NaO4. The number of unbranched alkanes of at least 4 members (excludes halogenated alkanes) is 1. The predicted octanol–water partition coefficient (Wildman–Crippen LogP) is 3.44. The van der Waals surface area contributed by atoms with Gasteiger partial charge in [-0.2, -0.15) is 0 Å². The van der Waals surface area contributed by atoms with Crippen LogP contribution in [0.25, 0.3) is 0 Å². The third-order valence-corrected chi connectivity index (χ3v) is 7.19. The molecule has 38 heavy (non-hydrogen) atoms. The van der Waals surface area contributed by atoms with E-state index in [0.717, 1.165) is 0 Å². The fraction of sp³-hybridized carbons (Fsp3) is 0.222. The number of carboxylic acid groups (broad SMARTS) is 1. The van der Waals surface area contributed by atoms with Crippen LogP contribution < -0.4 is 40.2 Å². The van der Waals surface area contributed by atoms with Crippen LogP contribution in [-0.2, 0) is 16.1 Å². The number of aliphatic carboxylic acids is 1. The van der Waals surface area contributed by atoms with Crippen LogP contribution in [0, 0.1) is 0 Å². The van der Waals surface area contributed by atoms with E-state index in [9.17, 15) is 14.4 Å². The second-order valence-corrected chi connectivity index (χ2v) is 10.5. The van der Waals surface area contributed by atoms with Gasteiger partial charge in [0.15, 0.2) is 0 Å². The van der Waals surface area contributed by atoms with Crippen molar-refractivity contribution in [1.29, 1.82) is 0 Å². The van der Waals surface area contributed by atoms with Crippen LogP contribution in [-0.4, -0.2) is 34.3 Å². The van der Waals surface area contributed by atoms with Gasteiger partial charge >= 0.3 is 35.5 Å². The minimum absolute atomic E-state index is 0. The van der Waals surface area contributed by atoms with Crippen molar-refractivity contribution in [2.75, 3.05) is 17.2 Å². The molecule has 0 aromatic heterocycles. The second kappa shape index (κ2) is 13.3. The molecule has 0 spiro atoms. The van der Waals surface area contributed by atoms with Gasteiger partial charge in [-0.1, -0.05) is 57.3 Å². The molecule has 1 unspecified atom stereocenters. The molecule has 0 saturated carbocycles. The topological polar surface area (TPSA) is 104 Å². The Morgan fingerprint density at radius 1 is 1.00 bits per heavy atom. The number of hydrogen-bond donors (Lipinski definition) is 2. The number of benzene rings is 3. The summed E-state index contributed by atoms with van der Waals surface area (Å²) in [6.45, 7) is 0.328. The number of fused-ring (bicyclic) bond motifs is 1.